The molecule has 0 aliphatic rings. The predicted molar refractivity (Wildman–Crippen MR) is 102 cm³/mol. The molecule has 7 nitrogen and oxygen atoms in total. The van der Waals surface area contributed by atoms with Crippen LogP contribution in [-0.4, -0.2) is 36.6 Å². The van der Waals surface area contributed by atoms with E-state index < -0.39 is 0 Å². The number of amides is 1. The molecule has 0 aliphatic heterocycles. The Hall–Kier alpha value is -1.78. The molecule has 3 aromatic heterocycles. The zero-order valence-electron chi connectivity index (χ0n) is 14.1. The summed E-state index contributed by atoms with van der Waals surface area (Å²) in [6.45, 7) is 7.15. The highest BCUT2D eigenvalue weighted by Gasteiger charge is 2.18. The molecule has 0 fully saturated rings. The van der Waals surface area contributed by atoms with Crippen molar-refractivity contribution in [1.82, 2.24) is 25.0 Å². The summed E-state index contributed by atoms with van der Waals surface area (Å²) < 4.78 is 2.09. The molecule has 0 aromatic carbocycles. The average molecular weight is 395 g/mol. The lowest BCUT2D eigenvalue weighted by molar-refractivity contribution is -0.113. The molecule has 0 aliphatic carbocycles. The smallest absolute Gasteiger partial charge is 0.236 e. The van der Waals surface area contributed by atoms with Crippen LogP contribution in [0.2, 0.25) is 0 Å². The van der Waals surface area contributed by atoms with Crippen molar-refractivity contribution in [2.24, 2.45) is 0 Å². The van der Waals surface area contributed by atoms with Gasteiger partial charge in [-0.2, -0.15) is 0 Å². The van der Waals surface area contributed by atoms with Gasteiger partial charge in [-0.15, -0.1) is 31.7 Å². The Bertz CT molecular complexity index is 855. The first-order chi connectivity index (χ1) is 12.1. The van der Waals surface area contributed by atoms with Crippen molar-refractivity contribution < 1.29 is 4.79 Å². The maximum atomic E-state index is 12.0. The fraction of sp³-hybridized carbons (Fsp3) is 0.400. The topological polar surface area (TPSA) is 85.6 Å². The van der Waals surface area contributed by atoms with Gasteiger partial charge in [0.25, 0.3) is 0 Å². The minimum Gasteiger partial charge on any atom is -0.302 e. The minimum atomic E-state index is -0.128. The highest BCUT2D eigenvalue weighted by Crippen LogP contribution is 2.31. The van der Waals surface area contributed by atoms with Gasteiger partial charge in [0.2, 0.25) is 11.0 Å². The summed E-state index contributed by atoms with van der Waals surface area (Å²) in [5.41, 5.74) is 3.94. The summed E-state index contributed by atoms with van der Waals surface area (Å²) in [6, 6.07) is 0. The first kappa shape index (κ1) is 18.0. The van der Waals surface area contributed by atoms with Crippen LogP contribution in [0.1, 0.15) is 23.8 Å². The number of thiophene rings is 1. The van der Waals surface area contributed by atoms with Crippen molar-refractivity contribution in [2.75, 3.05) is 11.1 Å². The van der Waals surface area contributed by atoms with E-state index in [4.69, 9.17) is 0 Å². The van der Waals surface area contributed by atoms with Gasteiger partial charge < -0.3 is 4.57 Å². The maximum absolute atomic E-state index is 12.0. The molecule has 0 unspecified atom stereocenters. The van der Waals surface area contributed by atoms with E-state index in [1.165, 1.54) is 33.5 Å². The molecule has 0 spiro atoms. The van der Waals surface area contributed by atoms with Crippen LogP contribution >= 0.6 is 34.4 Å². The van der Waals surface area contributed by atoms with Gasteiger partial charge in [-0.05, 0) is 25.8 Å². The maximum Gasteiger partial charge on any atom is 0.236 e. The van der Waals surface area contributed by atoms with Crippen LogP contribution < -0.4 is 5.32 Å². The number of rotatable bonds is 7. The van der Waals surface area contributed by atoms with Gasteiger partial charge >= 0.3 is 0 Å². The summed E-state index contributed by atoms with van der Waals surface area (Å²) in [6.07, 6.45) is 0.970. The van der Waals surface area contributed by atoms with Gasteiger partial charge in [-0.3, -0.25) is 10.1 Å². The molecule has 0 atom stereocenters. The van der Waals surface area contributed by atoms with Crippen LogP contribution in [0.4, 0.5) is 5.13 Å². The highest BCUT2D eigenvalue weighted by molar-refractivity contribution is 7.99. The Morgan fingerprint density at radius 2 is 2.12 bits per heavy atom. The number of nitrogens with zero attached hydrogens (tertiary/aromatic N) is 5. The minimum absolute atomic E-state index is 0.128. The number of aromatic nitrogens is 5. The molecule has 3 aromatic rings. The third kappa shape index (κ3) is 4.07. The van der Waals surface area contributed by atoms with Gasteiger partial charge in [-0.1, -0.05) is 30.0 Å². The molecule has 3 heterocycles. The van der Waals surface area contributed by atoms with Crippen molar-refractivity contribution in [3.63, 3.8) is 0 Å². The molecule has 10 heteroatoms. The summed E-state index contributed by atoms with van der Waals surface area (Å²) in [5.74, 6) is 0.996. The van der Waals surface area contributed by atoms with Gasteiger partial charge in [-0.25, -0.2) is 0 Å². The Morgan fingerprint density at radius 3 is 2.76 bits per heavy atom. The number of nitrogens with one attached hydrogen (secondary N) is 1. The number of anilines is 1. The fourth-order valence-electron chi connectivity index (χ4n) is 2.27. The molecule has 3 rings (SSSR count). The number of hydrogen-bond acceptors (Lipinski definition) is 8. The Labute approximate surface area is 157 Å². The standard InChI is InChI=1S/C15H18N6OS3/c1-4-5-21-13(11-6-23-10(3)9(11)2)18-20-15(21)24-7-12(22)17-14-19-16-8-25-14/h6,8H,4-5,7H2,1-3H3,(H,17,19,22). The second-order valence-corrected chi connectivity index (χ2v) is 8.23. The van der Waals surface area contributed by atoms with Crippen LogP contribution in [0.3, 0.4) is 0 Å². The Balaban J connectivity index is 1.75. The van der Waals surface area contributed by atoms with Crippen molar-refractivity contribution in [3.05, 3.63) is 21.3 Å². The third-order valence-corrected chi connectivity index (χ3v) is 6.22. The third-order valence-electron chi connectivity index (χ3n) is 3.63. The summed E-state index contributed by atoms with van der Waals surface area (Å²) in [4.78, 5) is 13.3. The number of aryl methyl sites for hydroxylation is 1. The van der Waals surface area contributed by atoms with Gasteiger partial charge in [0.15, 0.2) is 11.0 Å². The SMILES string of the molecule is CCCn1c(SCC(=O)Nc2nncs2)nnc1-c1csc(C)c1C. The van der Waals surface area contributed by atoms with E-state index in [1.54, 1.807) is 16.8 Å². The molecule has 0 radical (unpaired) electrons. The second kappa shape index (κ2) is 8.07. The van der Waals surface area contributed by atoms with Crippen LogP contribution in [0, 0.1) is 13.8 Å². The van der Waals surface area contributed by atoms with E-state index in [0.717, 1.165) is 29.5 Å². The Kier molecular flexibility index (Phi) is 5.82. The average Bonchev–Trinajstić information content (AvgIpc) is 3.30. The predicted octanol–water partition coefficient (Wildman–Crippen LogP) is 3.62. The first-order valence-corrected chi connectivity index (χ1v) is 10.5. The van der Waals surface area contributed by atoms with Crippen LogP contribution in [0.25, 0.3) is 11.4 Å². The molecular formula is C15H18N6OS3. The van der Waals surface area contributed by atoms with E-state index in [9.17, 15) is 4.79 Å². The van der Waals surface area contributed by atoms with Crippen molar-refractivity contribution in [3.8, 4) is 11.4 Å². The fourth-order valence-corrected chi connectivity index (χ4v) is 4.36. The van der Waals surface area contributed by atoms with Crippen molar-refractivity contribution in [1.29, 1.82) is 0 Å². The van der Waals surface area contributed by atoms with Gasteiger partial charge in [0, 0.05) is 22.4 Å². The molecule has 25 heavy (non-hydrogen) atoms. The molecule has 1 N–H and O–H groups in total. The van der Waals surface area contributed by atoms with E-state index in [1.807, 2.05) is 0 Å². The molecular weight excluding hydrogens is 376 g/mol. The molecule has 0 bridgehead atoms. The number of carbonyl (C=O) groups is 1. The number of carbonyl (C=O) groups excluding carboxylic acids is 1. The summed E-state index contributed by atoms with van der Waals surface area (Å²) in [5, 5.41) is 22.3. The first-order valence-electron chi connectivity index (χ1n) is 7.77. The van der Waals surface area contributed by atoms with Crippen molar-refractivity contribution >= 4 is 45.5 Å². The lowest BCUT2D eigenvalue weighted by atomic mass is 10.1. The van der Waals surface area contributed by atoms with E-state index in [-0.39, 0.29) is 11.7 Å². The summed E-state index contributed by atoms with van der Waals surface area (Å²) >= 11 is 4.39. The molecule has 132 valence electrons. The lowest BCUT2D eigenvalue weighted by Gasteiger charge is -2.08. The van der Waals surface area contributed by atoms with E-state index >= 15 is 0 Å². The van der Waals surface area contributed by atoms with E-state index in [0.29, 0.717) is 5.13 Å². The normalized spacial score (nSPS) is 11.0. The monoisotopic (exact) mass is 394 g/mol. The largest absolute Gasteiger partial charge is 0.302 e. The number of thioether (sulfide) groups is 1. The number of hydrogen-bond donors (Lipinski definition) is 1. The van der Waals surface area contributed by atoms with Crippen LogP contribution in [0.5, 0.6) is 0 Å². The molecule has 1 amide bonds. The zero-order chi connectivity index (χ0) is 17.8. The van der Waals surface area contributed by atoms with Crippen LogP contribution in [0.15, 0.2) is 16.0 Å². The molecule has 0 saturated heterocycles. The van der Waals surface area contributed by atoms with Gasteiger partial charge in [0.1, 0.15) is 5.51 Å². The Morgan fingerprint density at radius 1 is 1.28 bits per heavy atom. The van der Waals surface area contributed by atoms with E-state index in [2.05, 4.69) is 56.4 Å². The van der Waals surface area contributed by atoms with Crippen LogP contribution in [-0.2, 0) is 11.3 Å². The van der Waals surface area contributed by atoms with Gasteiger partial charge in [0.05, 0.1) is 5.75 Å². The van der Waals surface area contributed by atoms with Crippen molar-refractivity contribution in [2.45, 2.75) is 38.9 Å². The zero-order valence-corrected chi connectivity index (χ0v) is 16.6. The summed E-state index contributed by atoms with van der Waals surface area (Å²) in [7, 11) is 0. The highest BCUT2D eigenvalue weighted by atomic mass is 32.2. The quantitative estimate of drug-likeness (QED) is 0.616. The molecule has 0 saturated carbocycles. The second-order valence-electron chi connectivity index (χ2n) is 5.37. The lowest BCUT2D eigenvalue weighted by Crippen LogP contribution is -2.14.